The molecule has 0 bridgehead atoms. The Morgan fingerprint density at radius 3 is 2.48 bits per heavy atom. The summed E-state index contributed by atoms with van der Waals surface area (Å²) < 4.78 is 24.8. The summed E-state index contributed by atoms with van der Waals surface area (Å²) in [5, 5.41) is 0. The summed E-state index contributed by atoms with van der Waals surface area (Å²) in [6.07, 6.45) is 0.807. The van der Waals surface area contributed by atoms with Crippen LogP contribution in [0.15, 0.2) is 36.4 Å². The Morgan fingerprint density at radius 2 is 1.79 bits per heavy atom. The molecule has 0 saturated carbocycles. The van der Waals surface area contributed by atoms with Crippen LogP contribution in [0.3, 0.4) is 0 Å². The third-order valence-electron chi connectivity index (χ3n) is 5.65. The Balaban J connectivity index is 1.50. The third kappa shape index (κ3) is 3.52. The smallest absolute Gasteiger partial charge is 0.228 e. The molecule has 29 heavy (non-hydrogen) atoms. The maximum atomic E-state index is 14.1. The van der Waals surface area contributed by atoms with Gasteiger partial charge in [0.15, 0.2) is 11.5 Å². The van der Waals surface area contributed by atoms with E-state index < -0.39 is 11.7 Å². The van der Waals surface area contributed by atoms with E-state index in [1.54, 1.807) is 37.3 Å². The van der Waals surface area contributed by atoms with E-state index in [4.69, 9.17) is 9.47 Å². The SMILES string of the molecule is COc1cc2c(cc1OC)CN(C(=O)C1CC(=O)N(c3ccccc3F)C1)CC2. The number of halogens is 1. The van der Waals surface area contributed by atoms with Crippen LogP contribution in [0.25, 0.3) is 0 Å². The Morgan fingerprint density at radius 1 is 1.10 bits per heavy atom. The molecule has 2 heterocycles. The maximum Gasteiger partial charge on any atom is 0.228 e. The van der Waals surface area contributed by atoms with Crippen LogP contribution in [-0.2, 0) is 22.6 Å². The first-order chi connectivity index (χ1) is 14.0. The minimum Gasteiger partial charge on any atom is -0.493 e. The summed E-state index contributed by atoms with van der Waals surface area (Å²) in [6, 6.07) is 10.0. The summed E-state index contributed by atoms with van der Waals surface area (Å²) in [5.41, 5.74) is 2.37. The highest BCUT2D eigenvalue weighted by molar-refractivity contribution is 6.00. The van der Waals surface area contributed by atoms with Gasteiger partial charge in [0.05, 0.1) is 25.8 Å². The molecule has 2 aliphatic rings. The number of ether oxygens (including phenoxy) is 2. The molecule has 2 aromatic carbocycles. The summed E-state index contributed by atoms with van der Waals surface area (Å²) in [4.78, 5) is 28.7. The van der Waals surface area contributed by atoms with Crippen LogP contribution in [0.4, 0.5) is 10.1 Å². The molecule has 0 spiro atoms. The van der Waals surface area contributed by atoms with Crippen molar-refractivity contribution in [1.82, 2.24) is 4.90 Å². The number of nitrogens with zero attached hydrogens (tertiary/aromatic N) is 2. The number of anilines is 1. The fourth-order valence-corrected chi connectivity index (χ4v) is 4.11. The molecule has 4 rings (SSSR count). The highest BCUT2D eigenvalue weighted by Crippen LogP contribution is 2.34. The number of benzene rings is 2. The highest BCUT2D eigenvalue weighted by atomic mass is 19.1. The Hall–Kier alpha value is -3.09. The Labute approximate surface area is 168 Å². The van der Waals surface area contributed by atoms with Gasteiger partial charge >= 0.3 is 0 Å². The van der Waals surface area contributed by atoms with Crippen molar-refractivity contribution in [1.29, 1.82) is 0 Å². The van der Waals surface area contributed by atoms with Gasteiger partial charge in [0.2, 0.25) is 11.8 Å². The molecule has 7 heteroatoms. The number of amides is 2. The number of fused-ring (bicyclic) bond motifs is 1. The molecule has 1 unspecified atom stereocenters. The summed E-state index contributed by atoms with van der Waals surface area (Å²) in [7, 11) is 3.18. The zero-order chi connectivity index (χ0) is 20.5. The summed E-state index contributed by atoms with van der Waals surface area (Å²) >= 11 is 0. The Kier molecular flexibility index (Phi) is 5.13. The van der Waals surface area contributed by atoms with Crippen LogP contribution in [0, 0.1) is 11.7 Å². The van der Waals surface area contributed by atoms with Crippen molar-refractivity contribution in [2.75, 3.05) is 32.2 Å². The number of para-hydroxylation sites is 1. The predicted octanol–water partition coefficient (Wildman–Crippen LogP) is 2.78. The molecule has 0 radical (unpaired) electrons. The van der Waals surface area contributed by atoms with Gasteiger partial charge in [-0.15, -0.1) is 0 Å². The molecule has 1 saturated heterocycles. The van der Waals surface area contributed by atoms with Gasteiger partial charge in [0.1, 0.15) is 5.82 Å². The first kappa shape index (κ1) is 19.2. The van der Waals surface area contributed by atoms with Gasteiger partial charge < -0.3 is 19.3 Å². The van der Waals surface area contributed by atoms with E-state index in [1.165, 1.54) is 11.0 Å². The zero-order valence-electron chi connectivity index (χ0n) is 16.5. The van der Waals surface area contributed by atoms with E-state index in [1.807, 2.05) is 12.1 Å². The number of rotatable bonds is 4. The van der Waals surface area contributed by atoms with Crippen molar-refractivity contribution in [2.24, 2.45) is 5.92 Å². The van der Waals surface area contributed by atoms with Crippen LogP contribution in [0.1, 0.15) is 17.5 Å². The summed E-state index contributed by atoms with van der Waals surface area (Å²) in [5.74, 6) is 0.0795. The van der Waals surface area contributed by atoms with Gasteiger partial charge in [-0.3, -0.25) is 9.59 Å². The van der Waals surface area contributed by atoms with Gasteiger partial charge in [-0.25, -0.2) is 4.39 Å². The first-order valence-corrected chi connectivity index (χ1v) is 9.59. The van der Waals surface area contributed by atoms with E-state index in [-0.39, 0.29) is 30.5 Å². The molecule has 1 fully saturated rings. The lowest BCUT2D eigenvalue weighted by molar-refractivity contribution is -0.136. The zero-order valence-corrected chi connectivity index (χ0v) is 16.5. The van der Waals surface area contributed by atoms with Crippen LogP contribution in [-0.4, -0.2) is 44.0 Å². The number of hydrogen-bond donors (Lipinski definition) is 0. The van der Waals surface area contributed by atoms with Gasteiger partial charge in [-0.1, -0.05) is 12.1 Å². The normalized spacial score (nSPS) is 18.6. The molecule has 0 aromatic heterocycles. The second-order valence-corrected chi connectivity index (χ2v) is 7.34. The van der Waals surface area contributed by atoms with E-state index >= 15 is 0 Å². The molecule has 1 atom stereocenters. The van der Waals surface area contributed by atoms with Gasteiger partial charge in [-0.2, -0.15) is 0 Å². The van der Waals surface area contributed by atoms with Crippen LogP contribution in [0.2, 0.25) is 0 Å². The number of hydrogen-bond acceptors (Lipinski definition) is 4. The van der Waals surface area contributed by atoms with Crippen molar-refractivity contribution in [3.63, 3.8) is 0 Å². The average molecular weight is 398 g/mol. The molecule has 6 nitrogen and oxygen atoms in total. The van der Waals surface area contributed by atoms with Crippen molar-refractivity contribution in [3.05, 3.63) is 53.3 Å². The Bertz CT molecular complexity index is 962. The molecule has 0 N–H and O–H groups in total. The predicted molar refractivity (Wildman–Crippen MR) is 106 cm³/mol. The van der Waals surface area contributed by atoms with Crippen LogP contribution >= 0.6 is 0 Å². The maximum absolute atomic E-state index is 14.1. The minimum atomic E-state index is -0.469. The largest absolute Gasteiger partial charge is 0.493 e. The first-order valence-electron chi connectivity index (χ1n) is 9.59. The topological polar surface area (TPSA) is 59.1 Å². The average Bonchev–Trinajstić information content (AvgIpc) is 3.13. The molecular weight excluding hydrogens is 375 g/mol. The van der Waals surface area contributed by atoms with E-state index in [9.17, 15) is 14.0 Å². The number of carbonyl (C=O) groups is 2. The monoisotopic (exact) mass is 398 g/mol. The van der Waals surface area contributed by atoms with E-state index in [0.29, 0.717) is 31.0 Å². The van der Waals surface area contributed by atoms with Gasteiger partial charge in [-0.05, 0) is 41.8 Å². The fourth-order valence-electron chi connectivity index (χ4n) is 4.11. The molecule has 152 valence electrons. The van der Waals surface area contributed by atoms with Crippen molar-refractivity contribution in [3.8, 4) is 11.5 Å². The fraction of sp³-hybridized carbons (Fsp3) is 0.364. The molecule has 2 aliphatic heterocycles. The number of carbonyl (C=O) groups excluding carboxylic acids is 2. The molecule has 0 aliphatic carbocycles. The quantitative estimate of drug-likeness (QED) is 0.795. The molecular formula is C22H23FN2O4. The molecule has 2 amide bonds. The second kappa shape index (κ2) is 7.73. The third-order valence-corrected chi connectivity index (χ3v) is 5.65. The van der Waals surface area contributed by atoms with E-state index in [0.717, 1.165) is 11.1 Å². The van der Waals surface area contributed by atoms with Crippen molar-refractivity contribution in [2.45, 2.75) is 19.4 Å². The summed E-state index contributed by atoms with van der Waals surface area (Å²) in [6.45, 7) is 1.23. The van der Waals surface area contributed by atoms with Gasteiger partial charge in [0.25, 0.3) is 0 Å². The number of methoxy groups -OCH3 is 2. The van der Waals surface area contributed by atoms with Crippen LogP contribution in [0.5, 0.6) is 11.5 Å². The van der Waals surface area contributed by atoms with Crippen molar-refractivity contribution < 1.29 is 23.5 Å². The lowest BCUT2D eigenvalue weighted by atomic mass is 9.97. The van der Waals surface area contributed by atoms with Crippen molar-refractivity contribution >= 4 is 17.5 Å². The highest BCUT2D eigenvalue weighted by Gasteiger charge is 2.38. The van der Waals surface area contributed by atoms with E-state index in [2.05, 4.69) is 0 Å². The van der Waals surface area contributed by atoms with Gasteiger partial charge in [0, 0.05) is 26.1 Å². The lowest BCUT2D eigenvalue weighted by Gasteiger charge is -2.31. The van der Waals surface area contributed by atoms with Crippen LogP contribution < -0.4 is 14.4 Å². The lowest BCUT2D eigenvalue weighted by Crippen LogP contribution is -2.40. The standard InChI is InChI=1S/C22H23FN2O4/c1-28-19-9-14-7-8-24(12-15(14)10-20(19)29-2)22(27)16-11-21(26)25(13-16)18-6-4-3-5-17(18)23/h3-6,9-10,16H,7-8,11-13H2,1-2H3. The second-order valence-electron chi connectivity index (χ2n) is 7.34. The molecule has 2 aromatic rings. The minimum absolute atomic E-state index is 0.0716.